The number of nitrogens with one attached hydrogen (secondary N) is 1. The number of rotatable bonds is 5. The molecule has 0 saturated heterocycles. The molecule has 18 heavy (non-hydrogen) atoms. The van der Waals surface area contributed by atoms with Crippen molar-refractivity contribution in [1.82, 2.24) is 5.32 Å². The molecule has 1 aliphatic rings. The van der Waals surface area contributed by atoms with Crippen molar-refractivity contribution in [3.63, 3.8) is 0 Å². The van der Waals surface area contributed by atoms with Gasteiger partial charge in [-0.3, -0.25) is 0 Å². The van der Waals surface area contributed by atoms with Gasteiger partial charge in [0, 0.05) is 22.3 Å². The standard InChI is InChI=1S/C16H27NS/c1-3-15-10-11-16(18-15)12-17-13(2)14-8-6-4-5-7-9-14/h10-11,13-14,17H,3-9,12H2,1-2H3/t13-/m1/s1. The van der Waals surface area contributed by atoms with Crippen molar-refractivity contribution in [2.45, 2.75) is 71.4 Å². The highest BCUT2D eigenvalue weighted by atomic mass is 32.1. The Morgan fingerprint density at radius 1 is 1.17 bits per heavy atom. The van der Waals surface area contributed by atoms with Crippen molar-refractivity contribution < 1.29 is 0 Å². The van der Waals surface area contributed by atoms with Crippen molar-refractivity contribution in [3.8, 4) is 0 Å². The smallest absolute Gasteiger partial charge is 0.0302 e. The summed E-state index contributed by atoms with van der Waals surface area (Å²) in [4.78, 5) is 3.00. The molecule has 0 spiro atoms. The summed E-state index contributed by atoms with van der Waals surface area (Å²) in [5, 5.41) is 3.74. The van der Waals surface area contributed by atoms with Crippen molar-refractivity contribution in [2.75, 3.05) is 0 Å². The van der Waals surface area contributed by atoms with Crippen molar-refractivity contribution in [2.24, 2.45) is 5.92 Å². The molecule has 1 heterocycles. The van der Waals surface area contributed by atoms with E-state index in [2.05, 4.69) is 31.3 Å². The number of hydrogen-bond donors (Lipinski definition) is 1. The first kappa shape index (κ1) is 14.1. The Bertz CT molecular complexity index is 337. The number of hydrogen-bond acceptors (Lipinski definition) is 2. The fourth-order valence-electron chi connectivity index (χ4n) is 2.95. The molecule has 0 aliphatic heterocycles. The molecule has 1 N–H and O–H groups in total. The van der Waals surface area contributed by atoms with Crippen LogP contribution < -0.4 is 5.32 Å². The Kier molecular flexibility index (Phi) is 5.71. The molecule has 0 radical (unpaired) electrons. The van der Waals surface area contributed by atoms with Crippen LogP contribution in [0.15, 0.2) is 12.1 Å². The Hall–Kier alpha value is -0.340. The molecule has 102 valence electrons. The predicted octanol–water partition coefficient (Wildman–Crippen LogP) is 4.76. The third kappa shape index (κ3) is 4.10. The first-order chi connectivity index (χ1) is 8.79. The lowest BCUT2D eigenvalue weighted by Gasteiger charge is -2.23. The monoisotopic (exact) mass is 265 g/mol. The van der Waals surface area contributed by atoms with Gasteiger partial charge in [0.2, 0.25) is 0 Å². The average Bonchev–Trinajstić information content (AvgIpc) is 2.68. The van der Waals surface area contributed by atoms with Crippen LogP contribution in [0.25, 0.3) is 0 Å². The fourth-order valence-corrected chi connectivity index (χ4v) is 3.86. The zero-order valence-corrected chi connectivity index (χ0v) is 12.7. The molecular formula is C16H27NS. The Labute approximate surface area is 116 Å². The van der Waals surface area contributed by atoms with Gasteiger partial charge in [-0.2, -0.15) is 0 Å². The van der Waals surface area contributed by atoms with Crippen LogP contribution in [-0.2, 0) is 13.0 Å². The summed E-state index contributed by atoms with van der Waals surface area (Å²) >= 11 is 1.96. The quantitative estimate of drug-likeness (QED) is 0.757. The summed E-state index contributed by atoms with van der Waals surface area (Å²) in [7, 11) is 0. The minimum Gasteiger partial charge on any atom is -0.309 e. The maximum Gasteiger partial charge on any atom is 0.0302 e. The highest BCUT2D eigenvalue weighted by molar-refractivity contribution is 7.11. The van der Waals surface area contributed by atoms with E-state index in [-0.39, 0.29) is 0 Å². The van der Waals surface area contributed by atoms with Crippen LogP contribution in [0.2, 0.25) is 0 Å². The summed E-state index contributed by atoms with van der Waals surface area (Å²) in [5.74, 6) is 0.901. The second kappa shape index (κ2) is 7.30. The fraction of sp³-hybridized carbons (Fsp3) is 0.750. The van der Waals surface area contributed by atoms with Gasteiger partial charge in [-0.15, -0.1) is 11.3 Å². The summed E-state index contributed by atoms with van der Waals surface area (Å²) in [6.45, 7) is 5.67. The van der Waals surface area contributed by atoms with Crippen molar-refractivity contribution in [3.05, 3.63) is 21.9 Å². The van der Waals surface area contributed by atoms with Crippen LogP contribution in [0.3, 0.4) is 0 Å². The lowest BCUT2D eigenvalue weighted by Crippen LogP contribution is -2.32. The van der Waals surface area contributed by atoms with Gasteiger partial charge in [0.25, 0.3) is 0 Å². The van der Waals surface area contributed by atoms with Crippen LogP contribution in [-0.4, -0.2) is 6.04 Å². The van der Waals surface area contributed by atoms with Crippen LogP contribution in [0.1, 0.15) is 62.1 Å². The third-order valence-corrected chi connectivity index (χ3v) is 5.50. The van der Waals surface area contributed by atoms with Gasteiger partial charge in [-0.1, -0.05) is 32.6 Å². The molecule has 1 saturated carbocycles. The third-order valence-electron chi connectivity index (χ3n) is 4.27. The SMILES string of the molecule is CCc1ccc(CN[C@H](C)C2CCCCCC2)s1. The predicted molar refractivity (Wildman–Crippen MR) is 81.2 cm³/mol. The molecule has 1 aromatic rings. The minimum absolute atomic E-state index is 0.676. The molecular weight excluding hydrogens is 238 g/mol. The van der Waals surface area contributed by atoms with E-state index in [4.69, 9.17) is 0 Å². The number of aryl methyl sites for hydroxylation is 1. The van der Waals surface area contributed by atoms with E-state index in [9.17, 15) is 0 Å². The minimum atomic E-state index is 0.676. The molecule has 1 aliphatic carbocycles. The second-order valence-corrected chi connectivity index (χ2v) is 6.90. The highest BCUT2D eigenvalue weighted by Crippen LogP contribution is 2.26. The molecule has 0 aromatic carbocycles. The Morgan fingerprint density at radius 3 is 2.44 bits per heavy atom. The lowest BCUT2D eigenvalue weighted by atomic mass is 9.93. The van der Waals surface area contributed by atoms with Gasteiger partial charge < -0.3 is 5.32 Å². The normalized spacial score (nSPS) is 19.7. The molecule has 1 atom stereocenters. The van der Waals surface area contributed by atoms with Gasteiger partial charge in [-0.25, -0.2) is 0 Å². The van der Waals surface area contributed by atoms with Gasteiger partial charge in [-0.05, 0) is 44.2 Å². The molecule has 1 fully saturated rings. The first-order valence-corrected chi connectivity index (χ1v) is 8.42. The van der Waals surface area contributed by atoms with Gasteiger partial charge >= 0.3 is 0 Å². The molecule has 0 unspecified atom stereocenters. The Morgan fingerprint density at radius 2 is 1.83 bits per heavy atom. The van der Waals surface area contributed by atoms with Crippen LogP contribution in [0.5, 0.6) is 0 Å². The van der Waals surface area contributed by atoms with Crippen LogP contribution in [0.4, 0.5) is 0 Å². The number of thiophene rings is 1. The van der Waals surface area contributed by atoms with E-state index < -0.39 is 0 Å². The molecule has 0 bridgehead atoms. The van der Waals surface area contributed by atoms with E-state index in [0.717, 1.165) is 12.5 Å². The summed E-state index contributed by atoms with van der Waals surface area (Å²) in [6.07, 6.45) is 9.81. The second-order valence-electron chi connectivity index (χ2n) is 5.64. The summed E-state index contributed by atoms with van der Waals surface area (Å²) in [6, 6.07) is 5.24. The zero-order chi connectivity index (χ0) is 12.8. The maximum absolute atomic E-state index is 3.74. The molecule has 0 amide bonds. The maximum atomic E-state index is 3.74. The average molecular weight is 265 g/mol. The molecule has 2 heteroatoms. The van der Waals surface area contributed by atoms with E-state index >= 15 is 0 Å². The Balaban J connectivity index is 1.77. The highest BCUT2D eigenvalue weighted by Gasteiger charge is 2.18. The summed E-state index contributed by atoms with van der Waals surface area (Å²) in [5.41, 5.74) is 0. The van der Waals surface area contributed by atoms with Crippen LogP contribution in [0, 0.1) is 5.92 Å². The topological polar surface area (TPSA) is 12.0 Å². The van der Waals surface area contributed by atoms with E-state index in [1.165, 1.54) is 54.7 Å². The largest absolute Gasteiger partial charge is 0.309 e. The van der Waals surface area contributed by atoms with E-state index in [0.29, 0.717) is 6.04 Å². The molecule has 1 nitrogen and oxygen atoms in total. The van der Waals surface area contributed by atoms with Gasteiger partial charge in [0.1, 0.15) is 0 Å². The van der Waals surface area contributed by atoms with Crippen molar-refractivity contribution >= 4 is 11.3 Å². The first-order valence-electron chi connectivity index (χ1n) is 7.60. The molecule has 2 rings (SSSR count). The van der Waals surface area contributed by atoms with E-state index in [1.807, 2.05) is 11.3 Å². The lowest BCUT2D eigenvalue weighted by molar-refractivity contribution is 0.337. The van der Waals surface area contributed by atoms with Gasteiger partial charge in [0.15, 0.2) is 0 Å². The van der Waals surface area contributed by atoms with Crippen LogP contribution >= 0.6 is 11.3 Å². The zero-order valence-electron chi connectivity index (χ0n) is 11.9. The summed E-state index contributed by atoms with van der Waals surface area (Å²) < 4.78 is 0. The van der Waals surface area contributed by atoms with Gasteiger partial charge in [0.05, 0.1) is 0 Å². The molecule has 1 aromatic heterocycles. The van der Waals surface area contributed by atoms with E-state index in [1.54, 1.807) is 0 Å². The van der Waals surface area contributed by atoms with Crippen molar-refractivity contribution in [1.29, 1.82) is 0 Å².